The second kappa shape index (κ2) is 6.93. The van der Waals surface area contributed by atoms with Gasteiger partial charge in [0.1, 0.15) is 11.6 Å². The minimum Gasteiger partial charge on any atom is -0.383 e. The SMILES string of the molecule is Cc1ccccc1-c1cc2cc(NC(=O)[C@@H]3[C@@H](C)[C@H]3CC#N)ncc2c(N)n1. The number of fused-ring (bicyclic) bond motifs is 1. The number of hydrogen-bond donors (Lipinski definition) is 2. The topological polar surface area (TPSA) is 105 Å². The molecule has 1 aromatic carbocycles. The van der Waals surface area contributed by atoms with Gasteiger partial charge in [0.15, 0.2) is 0 Å². The van der Waals surface area contributed by atoms with Crippen LogP contribution in [0, 0.1) is 36.0 Å². The molecule has 0 saturated heterocycles. The maximum Gasteiger partial charge on any atom is 0.229 e. The highest BCUT2D eigenvalue weighted by atomic mass is 16.2. The largest absolute Gasteiger partial charge is 0.383 e. The van der Waals surface area contributed by atoms with Crippen molar-refractivity contribution in [1.82, 2.24) is 9.97 Å². The van der Waals surface area contributed by atoms with Crippen molar-refractivity contribution in [2.45, 2.75) is 20.3 Å². The summed E-state index contributed by atoms with van der Waals surface area (Å²) >= 11 is 0. The third kappa shape index (κ3) is 3.16. The number of rotatable bonds is 4. The number of amides is 1. The number of nitrogen functional groups attached to an aromatic ring is 1. The zero-order valence-corrected chi connectivity index (χ0v) is 15.8. The summed E-state index contributed by atoms with van der Waals surface area (Å²) in [5, 5.41) is 13.4. The second-order valence-electron chi connectivity index (χ2n) is 7.40. The molecule has 1 aliphatic carbocycles. The molecule has 1 aliphatic rings. The van der Waals surface area contributed by atoms with Crippen LogP contribution in [0.15, 0.2) is 42.6 Å². The fraction of sp³-hybridized carbons (Fsp3) is 0.273. The molecular formula is C22H21N5O. The number of carbonyl (C=O) groups is 1. The quantitative estimate of drug-likeness (QED) is 0.723. The van der Waals surface area contributed by atoms with Gasteiger partial charge in [-0.15, -0.1) is 0 Å². The van der Waals surface area contributed by atoms with Gasteiger partial charge in [-0.25, -0.2) is 9.97 Å². The van der Waals surface area contributed by atoms with Gasteiger partial charge in [-0.1, -0.05) is 31.2 Å². The predicted octanol–water partition coefficient (Wildman–Crippen LogP) is 3.92. The molecule has 28 heavy (non-hydrogen) atoms. The van der Waals surface area contributed by atoms with Crippen molar-refractivity contribution in [1.29, 1.82) is 5.26 Å². The van der Waals surface area contributed by atoms with E-state index in [1.54, 1.807) is 6.20 Å². The van der Waals surface area contributed by atoms with Crippen molar-refractivity contribution < 1.29 is 4.79 Å². The first-order valence-corrected chi connectivity index (χ1v) is 9.29. The van der Waals surface area contributed by atoms with E-state index in [9.17, 15) is 4.79 Å². The third-order valence-corrected chi connectivity index (χ3v) is 5.61. The maximum atomic E-state index is 12.5. The van der Waals surface area contributed by atoms with Crippen LogP contribution in [-0.2, 0) is 4.79 Å². The number of nitrogens with one attached hydrogen (secondary N) is 1. The first-order chi connectivity index (χ1) is 13.5. The average Bonchev–Trinajstić information content (AvgIpc) is 3.31. The van der Waals surface area contributed by atoms with E-state index in [1.165, 1.54) is 0 Å². The zero-order valence-electron chi connectivity index (χ0n) is 15.8. The summed E-state index contributed by atoms with van der Waals surface area (Å²) < 4.78 is 0. The van der Waals surface area contributed by atoms with E-state index in [0.717, 1.165) is 27.6 Å². The summed E-state index contributed by atoms with van der Waals surface area (Å²) in [7, 11) is 0. The molecule has 1 amide bonds. The van der Waals surface area contributed by atoms with E-state index in [-0.39, 0.29) is 23.7 Å². The molecule has 3 atom stereocenters. The molecule has 3 N–H and O–H groups in total. The molecule has 140 valence electrons. The van der Waals surface area contributed by atoms with Crippen molar-refractivity contribution >= 4 is 28.3 Å². The number of aryl methyl sites for hydroxylation is 1. The van der Waals surface area contributed by atoms with Gasteiger partial charge >= 0.3 is 0 Å². The van der Waals surface area contributed by atoms with Gasteiger partial charge < -0.3 is 11.1 Å². The van der Waals surface area contributed by atoms with E-state index < -0.39 is 0 Å². The van der Waals surface area contributed by atoms with E-state index in [2.05, 4.69) is 21.4 Å². The van der Waals surface area contributed by atoms with Crippen molar-refractivity contribution in [3.05, 3.63) is 48.2 Å². The number of nitrogens with two attached hydrogens (primary N) is 1. The van der Waals surface area contributed by atoms with Gasteiger partial charge in [-0.3, -0.25) is 4.79 Å². The Labute approximate surface area is 163 Å². The van der Waals surface area contributed by atoms with Gasteiger partial charge in [-0.2, -0.15) is 5.26 Å². The Morgan fingerprint density at radius 3 is 2.86 bits per heavy atom. The minimum atomic E-state index is -0.123. The number of carbonyl (C=O) groups excluding carboxylic acids is 1. The van der Waals surface area contributed by atoms with Gasteiger partial charge in [0.05, 0.1) is 11.8 Å². The highest BCUT2D eigenvalue weighted by Gasteiger charge is 2.51. The lowest BCUT2D eigenvalue weighted by molar-refractivity contribution is -0.117. The lowest BCUT2D eigenvalue weighted by atomic mass is 10.0. The van der Waals surface area contributed by atoms with Gasteiger partial charge in [-0.05, 0) is 41.8 Å². The molecule has 3 aromatic rings. The minimum absolute atomic E-state index is 0.0826. The first-order valence-electron chi connectivity index (χ1n) is 9.29. The number of aromatic nitrogens is 2. The molecule has 0 radical (unpaired) electrons. The fourth-order valence-corrected chi connectivity index (χ4v) is 3.85. The van der Waals surface area contributed by atoms with Crippen LogP contribution in [0.2, 0.25) is 0 Å². The molecule has 2 heterocycles. The van der Waals surface area contributed by atoms with Crippen molar-refractivity contribution in [3.8, 4) is 17.3 Å². The monoisotopic (exact) mass is 371 g/mol. The molecule has 1 saturated carbocycles. The second-order valence-corrected chi connectivity index (χ2v) is 7.40. The zero-order chi connectivity index (χ0) is 19.8. The molecule has 0 unspecified atom stereocenters. The van der Waals surface area contributed by atoms with Gasteiger partial charge in [0.2, 0.25) is 5.91 Å². The molecule has 6 nitrogen and oxygen atoms in total. The van der Waals surface area contributed by atoms with Crippen LogP contribution >= 0.6 is 0 Å². The summed E-state index contributed by atoms with van der Waals surface area (Å²) in [5.41, 5.74) is 9.07. The highest BCUT2D eigenvalue weighted by molar-refractivity contribution is 5.98. The Bertz CT molecular complexity index is 1120. The molecule has 0 spiro atoms. The van der Waals surface area contributed by atoms with Crippen molar-refractivity contribution in [2.75, 3.05) is 11.1 Å². The van der Waals surface area contributed by atoms with Crippen LogP contribution < -0.4 is 11.1 Å². The van der Waals surface area contributed by atoms with Crippen molar-refractivity contribution in [2.24, 2.45) is 17.8 Å². The summed E-state index contributed by atoms with van der Waals surface area (Å²) in [6, 6.07) is 13.9. The standard InChI is InChI=1S/C22H21N5O/c1-12-5-3-4-6-15(12)18-9-14-10-19(25-11-17(14)21(24)26-18)27-22(28)20-13(2)16(20)7-8-23/h3-6,9-11,13,16,20H,7H2,1-2H3,(H2,24,26)(H,25,27,28)/t13-,16+,20+/m0/s1. The van der Waals surface area contributed by atoms with Gasteiger partial charge in [0.25, 0.3) is 0 Å². The molecule has 6 heteroatoms. The third-order valence-electron chi connectivity index (χ3n) is 5.61. The molecule has 4 rings (SSSR count). The Balaban J connectivity index is 1.64. The maximum absolute atomic E-state index is 12.5. The summed E-state index contributed by atoms with van der Waals surface area (Å²) in [4.78, 5) is 21.3. The Kier molecular flexibility index (Phi) is 4.44. The molecule has 2 aromatic heterocycles. The highest BCUT2D eigenvalue weighted by Crippen LogP contribution is 2.48. The Morgan fingerprint density at radius 2 is 2.11 bits per heavy atom. The number of nitriles is 1. The summed E-state index contributed by atoms with van der Waals surface area (Å²) in [5.74, 6) is 1.05. The molecule has 0 bridgehead atoms. The Hall–Kier alpha value is -3.46. The predicted molar refractivity (Wildman–Crippen MR) is 109 cm³/mol. The number of pyridine rings is 2. The van der Waals surface area contributed by atoms with Crippen LogP contribution in [0.25, 0.3) is 22.0 Å². The smallest absolute Gasteiger partial charge is 0.229 e. The number of hydrogen-bond acceptors (Lipinski definition) is 5. The van der Waals surface area contributed by atoms with Crippen molar-refractivity contribution in [3.63, 3.8) is 0 Å². The van der Waals surface area contributed by atoms with E-state index in [1.807, 2.05) is 50.2 Å². The van der Waals surface area contributed by atoms with Crippen LogP contribution in [-0.4, -0.2) is 15.9 Å². The van der Waals surface area contributed by atoms with Crippen LogP contribution in [0.5, 0.6) is 0 Å². The van der Waals surface area contributed by atoms with E-state index in [4.69, 9.17) is 11.0 Å². The Morgan fingerprint density at radius 1 is 1.32 bits per heavy atom. The summed E-state index contributed by atoms with van der Waals surface area (Å²) in [6.45, 7) is 4.03. The van der Waals surface area contributed by atoms with E-state index >= 15 is 0 Å². The van der Waals surface area contributed by atoms with Crippen LogP contribution in [0.3, 0.4) is 0 Å². The lowest BCUT2D eigenvalue weighted by Gasteiger charge is -2.10. The van der Waals surface area contributed by atoms with Crippen LogP contribution in [0.1, 0.15) is 18.9 Å². The molecular weight excluding hydrogens is 350 g/mol. The van der Waals surface area contributed by atoms with E-state index in [0.29, 0.717) is 18.1 Å². The fourth-order valence-electron chi connectivity index (χ4n) is 3.85. The first kappa shape index (κ1) is 17.9. The van der Waals surface area contributed by atoms with Gasteiger partial charge in [0, 0.05) is 29.5 Å². The lowest BCUT2D eigenvalue weighted by Crippen LogP contribution is -2.16. The number of benzene rings is 1. The van der Waals surface area contributed by atoms with Crippen LogP contribution in [0.4, 0.5) is 11.6 Å². The summed E-state index contributed by atoms with van der Waals surface area (Å²) in [6.07, 6.45) is 2.05. The average molecular weight is 371 g/mol. The number of anilines is 2. The normalized spacial score (nSPS) is 20.5. The molecule has 1 fully saturated rings. The molecule has 0 aliphatic heterocycles. The number of nitrogens with zero attached hydrogens (tertiary/aromatic N) is 3.